The average Bonchev–Trinajstić information content (AvgIpc) is 2.04. The Labute approximate surface area is 71.6 Å². The van der Waals surface area contributed by atoms with Crippen molar-refractivity contribution in [1.82, 2.24) is 0 Å². The van der Waals surface area contributed by atoms with Crippen molar-refractivity contribution >= 4 is 25.0 Å². The second kappa shape index (κ2) is 3.55. The van der Waals surface area contributed by atoms with E-state index in [2.05, 4.69) is 24.3 Å². The van der Waals surface area contributed by atoms with Gasteiger partial charge in [-0.25, -0.2) is 0 Å². The van der Waals surface area contributed by atoms with Gasteiger partial charge in [0.15, 0.2) is 0 Å². The van der Waals surface area contributed by atoms with Crippen molar-refractivity contribution in [2.24, 2.45) is 10.7 Å². The summed E-state index contributed by atoms with van der Waals surface area (Å²) in [6.07, 6.45) is 0. The molecule has 0 fully saturated rings. The van der Waals surface area contributed by atoms with E-state index in [-0.39, 0.29) is 0 Å². The third-order valence-corrected chi connectivity index (χ3v) is 1.84. The van der Waals surface area contributed by atoms with Crippen LogP contribution in [0.5, 0.6) is 0 Å². The summed E-state index contributed by atoms with van der Waals surface area (Å²) < 4.78 is 0. The number of aliphatic imine (C=N–C) groups is 1. The van der Waals surface area contributed by atoms with Crippen LogP contribution < -0.4 is 5.73 Å². The molecule has 1 aromatic carbocycles. The van der Waals surface area contributed by atoms with Crippen molar-refractivity contribution < 1.29 is 0 Å². The molecule has 0 heterocycles. The van der Waals surface area contributed by atoms with Crippen LogP contribution in [0.2, 0.25) is 0 Å². The van der Waals surface area contributed by atoms with Gasteiger partial charge in [0.05, 0.1) is 5.69 Å². The van der Waals surface area contributed by atoms with Gasteiger partial charge in [-0.1, -0.05) is 12.1 Å². The second-order valence-corrected chi connectivity index (χ2v) is 2.63. The van der Waals surface area contributed by atoms with Gasteiger partial charge in [-0.2, -0.15) is 0 Å². The van der Waals surface area contributed by atoms with Crippen LogP contribution in [0, 0.1) is 0 Å². The van der Waals surface area contributed by atoms with E-state index in [1.807, 2.05) is 18.2 Å². The molecule has 0 aliphatic rings. The normalized spacial score (nSPS) is 9.64. The quantitative estimate of drug-likeness (QED) is 0.510. The second-order valence-electron chi connectivity index (χ2n) is 2.15. The Morgan fingerprint density at radius 3 is 2.73 bits per heavy atom. The molecule has 0 saturated carbocycles. The van der Waals surface area contributed by atoms with E-state index in [0.29, 0.717) is 6.54 Å². The first-order valence-electron chi connectivity index (χ1n) is 3.27. The van der Waals surface area contributed by atoms with E-state index in [4.69, 9.17) is 5.73 Å². The van der Waals surface area contributed by atoms with Gasteiger partial charge in [-0.15, -0.1) is 12.6 Å². The van der Waals surface area contributed by atoms with Crippen molar-refractivity contribution in [2.75, 3.05) is 0 Å². The topological polar surface area (TPSA) is 38.4 Å². The summed E-state index contributed by atoms with van der Waals surface area (Å²) in [4.78, 5) is 4.66. The molecule has 3 heteroatoms. The minimum atomic E-state index is 0.475. The number of nitrogens with two attached hydrogens (primary N) is 1. The molecule has 1 rings (SSSR count). The predicted octanol–water partition coefficient (Wildman–Crippen LogP) is 1.77. The van der Waals surface area contributed by atoms with Gasteiger partial charge in [0.2, 0.25) is 0 Å². The first-order valence-corrected chi connectivity index (χ1v) is 3.72. The fourth-order valence-corrected chi connectivity index (χ4v) is 1.23. The number of hydrogen-bond donors (Lipinski definition) is 2. The lowest BCUT2D eigenvalue weighted by atomic mass is 10.2. The first kappa shape index (κ1) is 8.30. The SMILES string of the molecule is C=Nc1c(S)cccc1CN. The van der Waals surface area contributed by atoms with Gasteiger partial charge >= 0.3 is 0 Å². The van der Waals surface area contributed by atoms with Crippen LogP contribution in [0.1, 0.15) is 5.56 Å². The van der Waals surface area contributed by atoms with Crippen molar-refractivity contribution in [3.63, 3.8) is 0 Å². The molecule has 2 nitrogen and oxygen atoms in total. The van der Waals surface area contributed by atoms with Crippen LogP contribution in [0.25, 0.3) is 0 Å². The molecule has 1 aromatic rings. The van der Waals surface area contributed by atoms with Gasteiger partial charge in [-0.05, 0) is 18.3 Å². The standard InChI is InChI=1S/C8H10N2S/c1-10-8-6(5-9)3-2-4-7(8)11/h2-4,11H,1,5,9H2. The van der Waals surface area contributed by atoms with Crippen LogP contribution >= 0.6 is 12.6 Å². The van der Waals surface area contributed by atoms with Gasteiger partial charge < -0.3 is 5.73 Å². The Hall–Kier alpha value is -0.800. The summed E-state index contributed by atoms with van der Waals surface area (Å²) in [6.45, 7) is 3.92. The van der Waals surface area contributed by atoms with Gasteiger partial charge in [-0.3, -0.25) is 4.99 Å². The highest BCUT2D eigenvalue weighted by atomic mass is 32.1. The molecule has 2 N–H and O–H groups in total. The first-order chi connectivity index (χ1) is 5.29. The minimum absolute atomic E-state index is 0.475. The van der Waals surface area contributed by atoms with E-state index in [0.717, 1.165) is 16.1 Å². The maximum atomic E-state index is 5.47. The zero-order valence-electron chi connectivity index (χ0n) is 6.12. The van der Waals surface area contributed by atoms with Crippen molar-refractivity contribution in [3.05, 3.63) is 23.8 Å². The maximum Gasteiger partial charge on any atom is 0.0800 e. The summed E-state index contributed by atoms with van der Waals surface area (Å²) >= 11 is 4.21. The van der Waals surface area contributed by atoms with Crippen molar-refractivity contribution in [3.8, 4) is 0 Å². The molecule has 58 valence electrons. The van der Waals surface area contributed by atoms with Crippen LogP contribution in [-0.2, 0) is 6.54 Å². The molecule has 0 atom stereocenters. The number of para-hydroxylation sites is 1. The molecule has 0 unspecified atom stereocenters. The van der Waals surface area contributed by atoms with E-state index < -0.39 is 0 Å². The summed E-state index contributed by atoms with van der Waals surface area (Å²) in [7, 11) is 0. The number of hydrogen-bond acceptors (Lipinski definition) is 3. The largest absolute Gasteiger partial charge is 0.326 e. The molecule has 0 radical (unpaired) electrons. The maximum absolute atomic E-state index is 5.47. The third-order valence-electron chi connectivity index (χ3n) is 1.48. The Balaban J connectivity index is 3.24. The van der Waals surface area contributed by atoms with Gasteiger partial charge in [0.1, 0.15) is 0 Å². The molecule has 0 aliphatic heterocycles. The number of benzene rings is 1. The summed E-state index contributed by atoms with van der Waals surface area (Å²) in [5, 5.41) is 0. The van der Waals surface area contributed by atoms with Crippen molar-refractivity contribution in [2.45, 2.75) is 11.4 Å². The fraction of sp³-hybridized carbons (Fsp3) is 0.125. The molecule has 0 aromatic heterocycles. The Morgan fingerprint density at radius 1 is 1.55 bits per heavy atom. The Kier molecular flexibility index (Phi) is 2.68. The van der Waals surface area contributed by atoms with Gasteiger partial charge in [0.25, 0.3) is 0 Å². The molecule has 0 bridgehead atoms. The van der Waals surface area contributed by atoms with Crippen LogP contribution in [0.3, 0.4) is 0 Å². The van der Waals surface area contributed by atoms with E-state index in [1.54, 1.807) is 0 Å². The van der Waals surface area contributed by atoms with Crippen LogP contribution in [0.4, 0.5) is 5.69 Å². The van der Waals surface area contributed by atoms with Crippen molar-refractivity contribution in [1.29, 1.82) is 0 Å². The number of nitrogens with zero attached hydrogens (tertiary/aromatic N) is 1. The Morgan fingerprint density at radius 2 is 2.27 bits per heavy atom. The number of thiol groups is 1. The molecule has 0 saturated heterocycles. The number of rotatable bonds is 2. The predicted molar refractivity (Wildman–Crippen MR) is 50.8 cm³/mol. The molecule has 0 amide bonds. The van der Waals surface area contributed by atoms with E-state index >= 15 is 0 Å². The summed E-state index contributed by atoms with van der Waals surface area (Å²) in [6, 6.07) is 5.69. The van der Waals surface area contributed by atoms with Crippen LogP contribution in [-0.4, -0.2) is 6.72 Å². The molecule has 0 aliphatic carbocycles. The fourth-order valence-electron chi connectivity index (χ4n) is 0.925. The van der Waals surface area contributed by atoms with E-state index in [1.165, 1.54) is 0 Å². The molecular formula is C8H10N2S. The highest BCUT2D eigenvalue weighted by Gasteiger charge is 2.00. The lowest BCUT2D eigenvalue weighted by Gasteiger charge is -2.03. The molecular weight excluding hydrogens is 156 g/mol. The zero-order chi connectivity index (χ0) is 8.27. The van der Waals surface area contributed by atoms with Gasteiger partial charge in [0, 0.05) is 11.4 Å². The highest BCUT2D eigenvalue weighted by molar-refractivity contribution is 7.80. The lowest BCUT2D eigenvalue weighted by Crippen LogP contribution is -1.96. The Bertz CT molecular complexity index is 271. The average molecular weight is 166 g/mol. The summed E-state index contributed by atoms with van der Waals surface area (Å²) in [5.41, 5.74) is 7.24. The smallest absolute Gasteiger partial charge is 0.0800 e. The monoisotopic (exact) mass is 166 g/mol. The minimum Gasteiger partial charge on any atom is -0.326 e. The molecule has 11 heavy (non-hydrogen) atoms. The van der Waals surface area contributed by atoms with Crippen LogP contribution in [0.15, 0.2) is 28.1 Å². The third kappa shape index (κ3) is 1.61. The zero-order valence-corrected chi connectivity index (χ0v) is 7.01. The lowest BCUT2D eigenvalue weighted by molar-refractivity contribution is 1.06. The van der Waals surface area contributed by atoms with E-state index in [9.17, 15) is 0 Å². The highest BCUT2D eigenvalue weighted by Crippen LogP contribution is 2.26. The molecule has 0 spiro atoms. The summed E-state index contributed by atoms with van der Waals surface area (Å²) in [5.74, 6) is 0.